The highest BCUT2D eigenvalue weighted by Crippen LogP contribution is 2.15. The third-order valence-corrected chi connectivity index (χ3v) is 5.63. The number of nitrogens with one attached hydrogen (secondary N) is 4. The number of nitrogens with zero attached hydrogens (tertiary/aromatic N) is 1. The van der Waals surface area contributed by atoms with Gasteiger partial charge in [-0.05, 0) is 33.1 Å². The maximum Gasteiger partial charge on any atom is 0.238 e. The van der Waals surface area contributed by atoms with E-state index < -0.39 is 29.8 Å². The highest BCUT2D eigenvalue weighted by atomic mass is 16.5. The molecule has 5 amide bonds. The van der Waals surface area contributed by atoms with Gasteiger partial charge in [0.05, 0.1) is 18.2 Å². The Morgan fingerprint density at radius 3 is 2.06 bits per heavy atom. The number of rotatable bonds is 15. The topological polar surface area (TPSA) is 146 Å². The Kier molecular flexibility index (Phi) is 13.1. The summed E-state index contributed by atoms with van der Waals surface area (Å²) in [6.07, 6.45) is 0.145. The lowest BCUT2D eigenvalue weighted by Crippen LogP contribution is -2.55. The van der Waals surface area contributed by atoms with Gasteiger partial charge in [-0.1, -0.05) is 27.7 Å². The monoisotopic (exact) mass is 497 g/mol. The molecule has 0 aromatic rings. The van der Waals surface area contributed by atoms with Crippen LogP contribution in [0.1, 0.15) is 74.1 Å². The van der Waals surface area contributed by atoms with E-state index in [1.807, 2.05) is 41.5 Å². The fourth-order valence-electron chi connectivity index (χ4n) is 3.49. The minimum atomic E-state index is -0.679. The molecule has 35 heavy (non-hydrogen) atoms. The first-order valence-corrected chi connectivity index (χ1v) is 12.4. The molecule has 0 aliphatic carbocycles. The van der Waals surface area contributed by atoms with Gasteiger partial charge in [0, 0.05) is 37.9 Å². The number of hydrogen-bond acceptors (Lipinski definition) is 8. The molecular weight excluding hydrogens is 454 g/mol. The predicted octanol–water partition coefficient (Wildman–Crippen LogP) is 0.426. The summed E-state index contributed by atoms with van der Waals surface area (Å²) in [6.45, 7) is 13.7. The lowest BCUT2D eigenvalue weighted by Gasteiger charge is -2.28. The molecule has 1 aliphatic heterocycles. The number of carbonyl (C=O) groups is 5. The highest BCUT2D eigenvalue weighted by molar-refractivity contribution is 6.15. The molecule has 0 spiro atoms. The molecule has 1 heterocycles. The minimum Gasteiger partial charge on any atom is -0.359 e. The van der Waals surface area contributed by atoms with Crippen molar-refractivity contribution in [1.29, 1.82) is 0 Å². The van der Waals surface area contributed by atoms with Gasteiger partial charge >= 0.3 is 0 Å². The predicted molar refractivity (Wildman–Crippen MR) is 131 cm³/mol. The standard InChI is InChI=1S/C24H43N5O6/c1-14(2)19(12-25-17(7)23(33)26-13-35-16(5)6)28-24(34)18(27-15(3)4)8-9-20(30)29-21(31)10-11-22(29)32/h14-19,25,27H,8-13H2,1-7H3,(H,26,33)(H,28,34). The van der Waals surface area contributed by atoms with Crippen LogP contribution in [0.15, 0.2) is 0 Å². The van der Waals surface area contributed by atoms with Gasteiger partial charge in [-0.25, -0.2) is 4.90 Å². The Morgan fingerprint density at radius 1 is 0.943 bits per heavy atom. The van der Waals surface area contributed by atoms with E-state index in [1.165, 1.54) is 0 Å². The van der Waals surface area contributed by atoms with Gasteiger partial charge in [0.2, 0.25) is 29.5 Å². The summed E-state index contributed by atoms with van der Waals surface area (Å²) in [4.78, 5) is 62.1. The van der Waals surface area contributed by atoms with Gasteiger partial charge in [0.1, 0.15) is 6.73 Å². The van der Waals surface area contributed by atoms with Crippen molar-refractivity contribution in [3.8, 4) is 0 Å². The van der Waals surface area contributed by atoms with Crippen LogP contribution in [0.3, 0.4) is 0 Å². The Bertz CT molecular complexity index is 739. The van der Waals surface area contributed by atoms with E-state index >= 15 is 0 Å². The van der Waals surface area contributed by atoms with Crippen molar-refractivity contribution in [3.05, 3.63) is 0 Å². The summed E-state index contributed by atoms with van der Waals surface area (Å²) in [5, 5.41) is 12.0. The molecule has 3 atom stereocenters. The second-order valence-corrected chi connectivity index (χ2v) is 9.82. The quantitative estimate of drug-likeness (QED) is 0.188. The van der Waals surface area contributed by atoms with Crippen molar-refractivity contribution < 1.29 is 28.7 Å². The third kappa shape index (κ3) is 10.8. The average Bonchev–Trinajstić information content (AvgIpc) is 3.10. The van der Waals surface area contributed by atoms with Crippen LogP contribution in [-0.2, 0) is 28.7 Å². The Balaban J connectivity index is 2.67. The molecule has 0 saturated carbocycles. The van der Waals surface area contributed by atoms with Crippen LogP contribution in [0.5, 0.6) is 0 Å². The molecule has 0 bridgehead atoms. The Morgan fingerprint density at radius 2 is 1.54 bits per heavy atom. The van der Waals surface area contributed by atoms with Crippen LogP contribution >= 0.6 is 0 Å². The lowest BCUT2D eigenvalue weighted by atomic mass is 10.0. The zero-order valence-corrected chi connectivity index (χ0v) is 22.1. The van der Waals surface area contributed by atoms with Crippen LogP contribution in [0.2, 0.25) is 0 Å². The maximum absolute atomic E-state index is 13.1. The number of hydrogen-bond donors (Lipinski definition) is 4. The molecular formula is C24H43N5O6. The van der Waals surface area contributed by atoms with E-state index in [1.54, 1.807) is 6.92 Å². The van der Waals surface area contributed by atoms with Gasteiger partial charge in [0.25, 0.3) is 0 Å². The summed E-state index contributed by atoms with van der Waals surface area (Å²) in [7, 11) is 0. The average molecular weight is 498 g/mol. The van der Waals surface area contributed by atoms with E-state index in [0.717, 1.165) is 0 Å². The van der Waals surface area contributed by atoms with Gasteiger partial charge < -0.3 is 26.0 Å². The van der Waals surface area contributed by atoms with E-state index in [-0.39, 0.29) is 68.3 Å². The van der Waals surface area contributed by atoms with Gasteiger partial charge in [-0.2, -0.15) is 0 Å². The Hall–Kier alpha value is -2.37. The first-order chi connectivity index (χ1) is 16.3. The van der Waals surface area contributed by atoms with Crippen LogP contribution < -0.4 is 21.3 Å². The summed E-state index contributed by atoms with van der Waals surface area (Å²) in [5.41, 5.74) is 0. The van der Waals surface area contributed by atoms with Crippen LogP contribution in [0.4, 0.5) is 0 Å². The number of ether oxygens (including phenoxy) is 1. The zero-order chi connectivity index (χ0) is 26.7. The molecule has 4 N–H and O–H groups in total. The molecule has 200 valence electrons. The molecule has 1 saturated heterocycles. The van der Waals surface area contributed by atoms with E-state index in [2.05, 4.69) is 21.3 Å². The molecule has 3 unspecified atom stereocenters. The van der Waals surface area contributed by atoms with Crippen LogP contribution in [-0.4, -0.2) is 78.0 Å². The molecule has 1 fully saturated rings. The third-order valence-electron chi connectivity index (χ3n) is 5.63. The van der Waals surface area contributed by atoms with E-state index in [0.29, 0.717) is 11.4 Å². The highest BCUT2D eigenvalue weighted by Gasteiger charge is 2.35. The van der Waals surface area contributed by atoms with Gasteiger partial charge in [0.15, 0.2) is 0 Å². The van der Waals surface area contributed by atoms with Crippen molar-refractivity contribution >= 4 is 29.5 Å². The second kappa shape index (κ2) is 14.9. The van der Waals surface area contributed by atoms with Gasteiger partial charge in [-0.3, -0.25) is 24.0 Å². The van der Waals surface area contributed by atoms with Gasteiger partial charge in [-0.15, -0.1) is 0 Å². The zero-order valence-electron chi connectivity index (χ0n) is 22.1. The van der Waals surface area contributed by atoms with E-state index in [9.17, 15) is 24.0 Å². The van der Waals surface area contributed by atoms with Crippen LogP contribution in [0.25, 0.3) is 0 Å². The smallest absolute Gasteiger partial charge is 0.238 e. The van der Waals surface area contributed by atoms with Crippen molar-refractivity contribution in [2.45, 2.75) is 104 Å². The normalized spacial score (nSPS) is 16.7. The number of carbonyl (C=O) groups excluding carboxylic acids is 5. The van der Waals surface area contributed by atoms with Crippen molar-refractivity contribution in [2.24, 2.45) is 5.92 Å². The molecule has 11 nitrogen and oxygen atoms in total. The van der Waals surface area contributed by atoms with Crippen LogP contribution in [0, 0.1) is 5.92 Å². The molecule has 1 rings (SSSR count). The molecule has 0 aromatic heterocycles. The molecule has 0 radical (unpaired) electrons. The van der Waals surface area contributed by atoms with Crippen molar-refractivity contribution in [1.82, 2.24) is 26.2 Å². The second-order valence-electron chi connectivity index (χ2n) is 9.82. The first kappa shape index (κ1) is 30.7. The maximum atomic E-state index is 13.1. The molecule has 11 heteroatoms. The molecule has 0 aromatic carbocycles. The number of likely N-dealkylation sites (tertiary alicyclic amines) is 1. The summed E-state index contributed by atoms with van der Waals surface area (Å²) in [5.74, 6) is -1.97. The van der Waals surface area contributed by atoms with Crippen molar-refractivity contribution in [2.75, 3.05) is 13.3 Å². The lowest BCUT2D eigenvalue weighted by molar-refractivity contribution is -0.149. The summed E-state index contributed by atoms with van der Waals surface area (Å²) in [6, 6.07) is -1.45. The summed E-state index contributed by atoms with van der Waals surface area (Å²) >= 11 is 0. The largest absolute Gasteiger partial charge is 0.359 e. The van der Waals surface area contributed by atoms with E-state index in [4.69, 9.17) is 4.74 Å². The summed E-state index contributed by atoms with van der Waals surface area (Å²) < 4.78 is 5.33. The number of imide groups is 3. The number of amides is 5. The first-order valence-electron chi connectivity index (χ1n) is 12.4. The SMILES string of the molecule is CC(C)NC(CCC(=O)N1C(=O)CCC1=O)C(=O)NC(CNC(C)C(=O)NCOC(C)C)C(C)C. The molecule has 1 aliphatic rings. The van der Waals surface area contributed by atoms with Crippen molar-refractivity contribution in [3.63, 3.8) is 0 Å². The Labute approximate surface area is 208 Å². The minimum absolute atomic E-state index is 0.0121. The fraction of sp³-hybridized carbons (Fsp3) is 0.792. The fourth-order valence-corrected chi connectivity index (χ4v) is 3.49.